The highest BCUT2D eigenvalue weighted by atomic mass is 16.5. The molecule has 1 saturated heterocycles. The van der Waals surface area contributed by atoms with Gasteiger partial charge in [-0.1, -0.05) is 6.42 Å². The first-order chi connectivity index (χ1) is 8.83. The topological polar surface area (TPSA) is 58.5 Å². The molecule has 0 spiro atoms. The number of nitrogens with zero attached hydrogens (tertiary/aromatic N) is 3. The number of rotatable bonds is 5. The Morgan fingerprint density at radius 2 is 2.28 bits per heavy atom. The zero-order valence-corrected chi connectivity index (χ0v) is 10.9. The second kappa shape index (κ2) is 6.66. The average Bonchev–Trinajstić information content (AvgIpc) is 2.42. The van der Waals surface area contributed by atoms with Gasteiger partial charge in [0.15, 0.2) is 0 Å². The third-order valence-corrected chi connectivity index (χ3v) is 3.48. The average molecular weight is 251 g/mol. The summed E-state index contributed by atoms with van der Waals surface area (Å²) >= 11 is 0. The van der Waals surface area contributed by atoms with E-state index in [9.17, 15) is 0 Å². The van der Waals surface area contributed by atoms with E-state index in [1.807, 2.05) is 12.1 Å². The van der Waals surface area contributed by atoms with Crippen molar-refractivity contribution in [2.45, 2.75) is 38.3 Å². The SMILES string of the molecule is COc1ccc(CN2CCCCC2CCO)nn1. The van der Waals surface area contributed by atoms with Crippen LogP contribution in [0, 0.1) is 0 Å². The van der Waals surface area contributed by atoms with Crippen LogP contribution in [0.4, 0.5) is 0 Å². The third-order valence-electron chi connectivity index (χ3n) is 3.48. The maximum Gasteiger partial charge on any atom is 0.233 e. The molecule has 1 aromatic rings. The number of aliphatic hydroxyl groups excluding tert-OH is 1. The second-order valence-electron chi connectivity index (χ2n) is 4.70. The summed E-state index contributed by atoms with van der Waals surface area (Å²) in [5.41, 5.74) is 0.959. The van der Waals surface area contributed by atoms with E-state index in [2.05, 4.69) is 15.1 Å². The molecule has 0 bridgehead atoms. The summed E-state index contributed by atoms with van der Waals surface area (Å²) < 4.78 is 5.00. The van der Waals surface area contributed by atoms with E-state index in [0.29, 0.717) is 11.9 Å². The van der Waals surface area contributed by atoms with Crippen LogP contribution in [0.15, 0.2) is 12.1 Å². The van der Waals surface area contributed by atoms with E-state index < -0.39 is 0 Å². The Morgan fingerprint density at radius 1 is 1.39 bits per heavy atom. The lowest BCUT2D eigenvalue weighted by Crippen LogP contribution is -2.39. The molecule has 2 heterocycles. The number of hydrogen-bond acceptors (Lipinski definition) is 5. The maximum absolute atomic E-state index is 9.10. The van der Waals surface area contributed by atoms with Crippen molar-refractivity contribution in [2.75, 3.05) is 20.3 Å². The van der Waals surface area contributed by atoms with Crippen LogP contribution in [-0.4, -0.2) is 46.5 Å². The van der Waals surface area contributed by atoms with Gasteiger partial charge in [0.2, 0.25) is 5.88 Å². The first-order valence-corrected chi connectivity index (χ1v) is 6.55. The number of methoxy groups -OCH3 is 1. The molecular formula is C13H21N3O2. The quantitative estimate of drug-likeness (QED) is 0.852. The van der Waals surface area contributed by atoms with Gasteiger partial charge >= 0.3 is 0 Å². The number of aliphatic hydroxyl groups is 1. The molecule has 5 nitrogen and oxygen atoms in total. The van der Waals surface area contributed by atoms with E-state index in [-0.39, 0.29) is 6.61 Å². The first-order valence-electron chi connectivity index (χ1n) is 6.55. The molecule has 0 aliphatic carbocycles. The van der Waals surface area contributed by atoms with E-state index >= 15 is 0 Å². The van der Waals surface area contributed by atoms with Crippen molar-refractivity contribution in [3.63, 3.8) is 0 Å². The summed E-state index contributed by atoms with van der Waals surface area (Å²) in [6.45, 7) is 2.15. The van der Waals surface area contributed by atoms with Gasteiger partial charge in [0.05, 0.1) is 12.8 Å². The van der Waals surface area contributed by atoms with Crippen LogP contribution >= 0.6 is 0 Å². The van der Waals surface area contributed by atoms with Gasteiger partial charge in [-0.05, 0) is 31.9 Å². The zero-order valence-electron chi connectivity index (χ0n) is 10.9. The van der Waals surface area contributed by atoms with Gasteiger partial charge in [0.1, 0.15) is 0 Å². The molecular weight excluding hydrogens is 230 g/mol. The summed E-state index contributed by atoms with van der Waals surface area (Å²) in [6.07, 6.45) is 4.51. The first kappa shape index (κ1) is 13.2. The van der Waals surface area contributed by atoms with E-state index in [1.165, 1.54) is 19.3 Å². The molecule has 18 heavy (non-hydrogen) atoms. The van der Waals surface area contributed by atoms with Crippen molar-refractivity contribution in [1.29, 1.82) is 0 Å². The highest BCUT2D eigenvalue weighted by molar-refractivity contribution is 5.11. The van der Waals surface area contributed by atoms with Crippen LogP contribution in [0.3, 0.4) is 0 Å². The molecule has 1 unspecified atom stereocenters. The monoisotopic (exact) mass is 251 g/mol. The molecule has 1 aromatic heterocycles. The third kappa shape index (κ3) is 3.40. The van der Waals surface area contributed by atoms with Gasteiger partial charge < -0.3 is 9.84 Å². The highest BCUT2D eigenvalue weighted by Gasteiger charge is 2.22. The van der Waals surface area contributed by atoms with Gasteiger partial charge in [0.25, 0.3) is 0 Å². The van der Waals surface area contributed by atoms with Gasteiger partial charge in [-0.2, -0.15) is 5.10 Å². The fourth-order valence-electron chi connectivity index (χ4n) is 2.49. The fourth-order valence-corrected chi connectivity index (χ4v) is 2.49. The van der Waals surface area contributed by atoms with Gasteiger partial charge in [-0.3, -0.25) is 4.90 Å². The van der Waals surface area contributed by atoms with Crippen LogP contribution in [0.5, 0.6) is 5.88 Å². The van der Waals surface area contributed by atoms with Crippen molar-refractivity contribution in [3.05, 3.63) is 17.8 Å². The van der Waals surface area contributed by atoms with E-state index in [0.717, 1.165) is 25.2 Å². The fraction of sp³-hybridized carbons (Fsp3) is 0.692. The molecule has 0 amide bonds. The Hall–Kier alpha value is -1.20. The second-order valence-corrected chi connectivity index (χ2v) is 4.70. The Morgan fingerprint density at radius 3 is 2.94 bits per heavy atom. The molecule has 1 fully saturated rings. The lowest BCUT2D eigenvalue weighted by atomic mass is 9.99. The van der Waals surface area contributed by atoms with Crippen LogP contribution < -0.4 is 4.74 Å². The summed E-state index contributed by atoms with van der Waals surface area (Å²) in [5, 5.41) is 17.2. The number of hydrogen-bond donors (Lipinski definition) is 1. The summed E-state index contributed by atoms with van der Waals surface area (Å²) in [5.74, 6) is 0.546. The number of ether oxygens (including phenoxy) is 1. The lowest BCUT2D eigenvalue weighted by molar-refractivity contribution is 0.111. The van der Waals surface area contributed by atoms with Crippen LogP contribution in [0.25, 0.3) is 0 Å². The molecule has 0 aromatic carbocycles. The smallest absolute Gasteiger partial charge is 0.233 e. The summed E-state index contributed by atoms with van der Waals surface area (Å²) in [6, 6.07) is 4.27. The molecule has 1 atom stereocenters. The summed E-state index contributed by atoms with van der Waals surface area (Å²) in [4.78, 5) is 2.40. The molecule has 2 rings (SSSR count). The number of aromatic nitrogens is 2. The zero-order chi connectivity index (χ0) is 12.8. The highest BCUT2D eigenvalue weighted by Crippen LogP contribution is 2.21. The molecule has 1 N–H and O–H groups in total. The van der Waals surface area contributed by atoms with Gasteiger partial charge in [-0.15, -0.1) is 5.10 Å². The van der Waals surface area contributed by atoms with E-state index in [4.69, 9.17) is 9.84 Å². The Bertz CT molecular complexity index is 354. The number of likely N-dealkylation sites (tertiary alicyclic amines) is 1. The van der Waals surface area contributed by atoms with Crippen molar-refractivity contribution in [2.24, 2.45) is 0 Å². The van der Waals surface area contributed by atoms with Crippen LogP contribution in [0.2, 0.25) is 0 Å². The maximum atomic E-state index is 9.10. The molecule has 0 radical (unpaired) electrons. The minimum Gasteiger partial charge on any atom is -0.480 e. The van der Waals surface area contributed by atoms with Crippen molar-refractivity contribution in [1.82, 2.24) is 15.1 Å². The van der Waals surface area contributed by atoms with Crippen LogP contribution in [-0.2, 0) is 6.54 Å². The minimum atomic E-state index is 0.259. The molecule has 1 aliphatic rings. The normalized spacial score (nSPS) is 20.9. The predicted molar refractivity (Wildman–Crippen MR) is 68.3 cm³/mol. The largest absolute Gasteiger partial charge is 0.480 e. The van der Waals surface area contributed by atoms with E-state index in [1.54, 1.807) is 7.11 Å². The van der Waals surface area contributed by atoms with Gasteiger partial charge in [0, 0.05) is 25.3 Å². The summed E-state index contributed by atoms with van der Waals surface area (Å²) in [7, 11) is 1.59. The standard InChI is InChI=1S/C13H21N3O2/c1-18-13-6-5-11(14-15-13)10-16-8-3-2-4-12(16)7-9-17/h5-6,12,17H,2-4,7-10H2,1H3. The molecule has 1 aliphatic heterocycles. The van der Waals surface area contributed by atoms with Crippen molar-refractivity contribution >= 4 is 0 Å². The predicted octanol–water partition coefficient (Wildman–Crippen LogP) is 1.22. The Kier molecular flexibility index (Phi) is 4.90. The Labute approximate surface area is 108 Å². The lowest BCUT2D eigenvalue weighted by Gasteiger charge is -2.35. The number of piperidine rings is 1. The van der Waals surface area contributed by atoms with Crippen LogP contribution in [0.1, 0.15) is 31.4 Å². The van der Waals surface area contributed by atoms with Crippen molar-refractivity contribution < 1.29 is 9.84 Å². The van der Waals surface area contributed by atoms with Gasteiger partial charge in [-0.25, -0.2) is 0 Å². The molecule has 0 saturated carbocycles. The minimum absolute atomic E-state index is 0.259. The van der Waals surface area contributed by atoms with Crippen molar-refractivity contribution in [3.8, 4) is 5.88 Å². The molecule has 5 heteroatoms. The molecule has 100 valence electrons. The Balaban J connectivity index is 1.96.